The molecule has 25 heavy (non-hydrogen) atoms. The number of amides is 1. The van der Waals surface area contributed by atoms with Gasteiger partial charge in [-0.25, -0.2) is 4.79 Å². The van der Waals surface area contributed by atoms with Crippen LogP contribution in [-0.2, 0) is 6.54 Å². The number of H-pyrrole nitrogens is 1. The second kappa shape index (κ2) is 6.61. The number of hydrogen-bond acceptors (Lipinski definition) is 5. The molecule has 0 saturated heterocycles. The lowest BCUT2D eigenvalue weighted by Gasteiger charge is -2.09. The van der Waals surface area contributed by atoms with Crippen LogP contribution in [0.25, 0.3) is 10.7 Å². The number of carbonyl (C=O) groups excluding carboxylic acids is 1. The van der Waals surface area contributed by atoms with E-state index in [1.807, 2.05) is 30.3 Å². The molecule has 2 heterocycles. The van der Waals surface area contributed by atoms with Crippen molar-refractivity contribution < 1.29 is 9.32 Å². The lowest BCUT2D eigenvalue weighted by atomic mass is 10.0. The fourth-order valence-corrected chi connectivity index (χ4v) is 3.92. The van der Waals surface area contributed by atoms with E-state index in [0.717, 1.165) is 38.2 Å². The number of halogens is 1. The Balaban J connectivity index is 1.47. The Morgan fingerprint density at radius 2 is 2.20 bits per heavy atom. The van der Waals surface area contributed by atoms with Gasteiger partial charge in [-0.15, -0.1) is 11.3 Å². The molecular formula is C17H14BrN3O3S. The van der Waals surface area contributed by atoms with E-state index in [-0.39, 0.29) is 5.91 Å². The number of nitrogens with zero attached hydrogens (tertiary/aromatic N) is 1. The van der Waals surface area contributed by atoms with E-state index in [2.05, 4.69) is 35.9 Å². The van der Waals surface area contributed by atoms with Crippen LogP contribution in [0.4, 0.5) is 0 Å². The molecule has 1 aliphatic carbocycles. The molecule has 1 aliphatic rings. The topological polar surface area (TPSA) is 88.0 Å². The van der Waals surface area contributed by atoms with Gasteiger partial charge in [0.15, 0.2) is 5.82 Å². The molecule has 2 N–H and O–H groups in total. The molecule has 1 saturated carbocycles. The molecule has 128 valence electrons. The predicted octanol–water partition coefficient (Wildman–Crippen LogP) is 3.66. The van der Waals surface area contributed by atoms with E-state index in [4.69, 9.17) is 0 Å². The number of rotatable bonds is 5. The molecule has 6 nitrogen and oxygen atoms in total. The predicted molar refractivity (Wildman–Crippen MR) is 97.7 cm³/mol. The van der Waals surface area contributed by atoms with Gasteiger partial charge in [-0.1, -0.05) is 27.2 Å². The minimum atomic E-state index is -0.583. The first-order valence-corrected chi connectivity index (χ1v) is 9.44. The van der Waals surface area contributed by atoms with Gasteiger partial charge in [-0.3, -0.25) is 14.3 Å². The van der Waals surface area contributed by atoms with Crippen LogP contribution in [0.2, 0.25) is 0 Å². The highest BCUT2D eigenvalue weighted by Crippen LogP contribution is 2.42. The SMILES string of the molecule is O=C(NCc1ccc(-c2noc(=O)[nH]2)s1)c1cc(Br)ccc1C1CC1. The number of aromatic nitrogens is 2. The molecule has 0 bridgehead atoms. The summed E-state index contributed by atoms with van der Waals surface area (Å²) < 4.78 is 5.41. The van der Waals surface area contributed by atoms with Gasteiger partial charge >= 0.3 is 5.76 Å². The third-order valence-electron chi connectivity index (χ3n) is 4.04. The van der Waals surface area contributed by atoms with Crippen LogP contribution in [0.15, 0.2) is 44.1 Å². The average Bonchev–Trinajstić information content (AvgIpc) is 3.17. The molecule has 1 amide bonds. The monoisotopic (exact) mass is 419 g/mol. The van der Waals surface area contributed by atoms with Crippen molar-refractivity contribution in [3.8, 4) is 10.7 Å². The summed E-state index contributed by atoms with van der Waals surface area (Å²) in [6, 6.07) is 9.63. The van der Waals surface area contributed by atoms with E-state index in [9.17, 15) is 9.59 Å². The van der Waals surface area contributed by atoms with Crippen molar-refractivity contribution in [3.05, 3.63) is 61.4 Å². The van der Waals surface area contributed by atoms with Crippen molar-refractivity contribution in [3.63, 3.8) is 0 Å². The fraction of sp³-hybridized carbons (Fsp3) is 0.235. The van der Waals surface area contributed by atoms with Gasteiger partial charge in [-0.2, -0.15) is 0 Å². The van der Waals surface area contributed by atoms with Gasteiger partial charge in [0.25, 0.3) is 5.91 Å². The van der Waals surface area contributed by atoms with Crippen molar-refractivity contribution in [2.75, 3.05) is 0 Å². The molecule has 1 aromatic carbocycles. The summed E-state index contributed by atoms with van der Waals surface area (Å²) in [5, 5.41) is 6.64. The van der Waals surface area contributed by atoms with Crippen molar-refractivity contribution in [2.45, 2.75) is 25.3 Å². The molecule has 8 heteroatoms. The van der Waals surface area contributed by atoms with Crippen molar-refractivity contribution >= 4 is 33.2 Å². The Kier molecular flexibility index (Phi) is 4.30. The third kappa shape index (κ3) is 3.59. The summed E-state index contributed by atoms with van der Waals surface area (Å²) in [5.74, 6) is 0.246. The minimum absolute atomic E-state index is 0.0759. The largest absolute Gasteiger partial charge is 0.439 e. The maximum atomic E-state index is 12.6. The molecule has 0 radical (unpaired) electrons. The van der Waals surface area contributed by atoms with Crippen LogP contribution in [0, 0.1) is 0 Å². The van der Waals surface area contributed by atoms with Gasteiger partial charge in [0, 0.05) is 14.9 Å². The highest BCUT2D eigenvalue weighted by Gasteiger charge is 2.28. The molecule has 4 rings (SSSR count). The second-order valence-electron chi connectivity index (χ2n) is 5.90. The number of thiophene rings is 1. The maximum Gasteiger partial charge on any atom is 0.439 e. The summed E-state index contributed by atoms with van der Waals surface area (Å²) in [6.45, 7) is 0.419. The van der Waals surface area contributed by atoms with Crippen molar-refractivity contribution in [2.24, 2.45) is 0 Å². The Hall–Kier alpha value is -2.19. The van der Waals surface area contributed by atoms with E-state index in [0.29, 0.717) is 18.3 Å². The minimum Gasteiger partial charge on any atom is -0.347 e. The summed E-state index contributed by atoms with van der Waals surface area (Å²) in [4.78, 5) is 27.9. The van der Waals surface area contributed by atoms with E-state index in [1.165, 1.54) is 11.3 Å². The first kappa shape index (κ1) is 16.3. The summed E-state index contributed by atoms with van der Waals surface area (Å²) >= 11 is 4.88. The number of carbonyl (C=O) groups is 1. The zero-order valence-electron chi connectivity index (χ0n) is 13.0. The Labute approximate surface area is 155 Å². The molecule has 3 aromatic rings. The van der Waals surface area contributed by atoms with E-state index < -0.39 is 5.76 Å². The van der Waals surface area contributed by atoms with Crippen LogP contribution >= 0.6 is 27.3 Å². The molecular weight excluding hydrogens is 406 g/mol. The lowest BCUT2D eigenvalue weighted by Crippen LogP contribution is -2.23. The number of nitrogens with one attached hydrogen (secondary N) is 2. The Morgan fingerprint density at radius 3 is 2.92 bits per heavy atom. The highest BCUT2D eigenvalue weighted by molar-refractivity contribution is 9.10. The molecule has 2 aromatic heterocycles. The average molecular weight is 420 g/mol. The van der Waals surface area contributed by atoms with Gasteiger partial charge in [0.1, 0.15) is 0 Å². The number of hydrogen-bond donors (Lipinski definition) is 2. The van der Waals surface area contributed by atoms with E-state index >= 15 is 0 Å². The van der Waals surface area contributed by atoms with E-state index in [1.54, 1.807) is 0 Å². The first-order valence-electron chi connectivity index (χ1n) is 7.83. The first-order chi connectivity index (χ1) is 12.1. The summed E-state index contributed by atoms with van der Waals surface area (Å²) in [7, 11) is 0. The summed E-state index contributed by atoms with van der Waals surface area (Å²) in [6.07, 6.45) is 2.29. The van der Waals surface area contributed by atoms with Gasteiger partial charge in [0.05, 0.1) is 11.4 Å². The van der Waals surface area contributed by atoms with Gasteiger partial charge in [-0.05, 0) is 48.6 Å². The molecule has 0 aliphatic heterocycles. The smallest absolute Gasteiger partial charge is 0.347 e. The molecule has 1 fully saturated rings. The normalized spacial score (nSPS) is 13.8. The maximum absolute atomic E-state index is 12.6. The van der Waals surface area contributed by atoms with Gasteiger partial charge < -0.3 is 5.32 Å². The molecule has 0 unspecified atom stereocenters. The zero-order chi connectivity index (χ0) is 17.4. The van der Waals surface area contributed by atoms with Crippen LogP contribution in [0.1, 0.15) is 39.6 Å². The Morgan fingerprint density at radius 1 is 1.36 bits per heavy atom. The van der Waals surface area contributed by atoms with Crippen LogP contribution in [-0.4, -0.2) is 16.0 Å². The lowest BCUT2D eigenvalue weighted by molar-refractivity contribution is 0.0950. The quantitative estimate of drug-likeness (QED) is 0.660. The van der Waals surface area contributed by atoms with Crippen LogP contribution < -0.4 is 11.1 Å². The summed E-state index contributed by atoms with van der Waals surface area (Å²) in [5.41, 5.74) is 1.85. The van der Waals surface area contributed by atoms with Crippen molar-refractivity contribution in [1.29, 1.82) is 0 Å². The van der Waals surface area contributed by atoms with Crippen LogP contribution in [0.3, 0.4) is 0 Å². The Bertz CT molecular complexity index is 987. The fourth-order valence-electron chi connectivity index (χ4n) is 2.67. The van der Waals surface area contributed by atoms with Gasteiger partial charge in [0.2, 0.25) is 0 Å². The zero-order valence-corrected chi connectivity index (χ0v) is 15.4. The standard InChI is InChI=1S/C17H14BrN3O3S/c18-10-3-5-12(9-1-2-9)13(7-10)16(22)19-8-11-4-6-14(25-11)15-20-17(23)24-21-15/h3-7,9H,1-2,8H2,(H,19,22)(H,20,21,23). The molecule has 0 atom stereocenters. The highest BCUT2D eigenvalue weighted by atomic mass is 79.9. The number of benzene rings is 1. The number of aromatic amines is 1. The second-order valence-corrected chi connectivity index (χ2v) is 7.98. The van der Waals surface area contributed by atoms with Crippen molar-refractivity contribution in [1.82, 2.24) is 15.5 Å². The third-order valence-corrected chi connectivity index (χ3v) is 5.62. The van der Waals surface area contributed by atoms with Crippen LogP contribution in [0.5, 0.6) is 0 Å². The molecule has 0 spiro atoms.